The molecular weight excluding hydrogens is 236 g/mol. The van der Waals surface area contributed by atoms with Crippen molar-refractivity contribution in [2.24, 2.45) is 5.92 Å². The molecule has 0 spiro atoms. The molecule has 7 heteroatoms. The van der Waals surface area contributed by atoms with Gasteiger partial charge < -0.3 is 14.9 Å². The molecule has 0 atom stereocenters. The zero-order valence-corrected chi connectivity index (χ0v) is 9.76. The highest BCUT2D eigenvalue weighted by Gasteiger charge is 2.35. The molecule has 0 aromatic carbocycles. The Labute approximate surface area is 97.9 Å². The number of carbonyl (C=O) groups is 2. The second-order valence-electron chi connectivity index (χ2n) is 2.66. The van der Waals surface area contributed by atoms with E-state index in [1.165, 1.54) is 0 Å². The van der Waals surface area contributed by atoms with Crippen LogP contribution in [0.25, 0.3) is 0 Å². The van der Waals surface area contributed by atoms with Crippen molar-refractivity contribution >= 4 is 34.4 Å². The van der Waals surface area contributed by atoms with Gasteiger partial charge in [-0.15, -0.1) is 0 Å². The molecule has 90 valence electrons. The number of esters is 2. The highest BCUT2D eigenvalue weighted by Crippen LogP contribution is 2.08. The van der Waals surface area contributed by atoms with E-state index in [1.807, 2.05) is 0 Å². The highest BCUT2D eigenvalue weighted by molar-refractivity contribution is 6.84. The van der Waals surface area contributed by atoms with E-state index in [2.05, 4.69) is 9.47 Å². The van der Waals surface area contributed by atoms with Crippen molar-refractivity contribution in [3.8, 4) is 0 Å². The molecule has 2 N–H and O–H groups in total. The van der Waals surface area contributed by atoms with Crippen molar-refractivity contribution < 1.29 is 19.1 Å². The fourth-order valence-corrected chi connectivity index (χ4v) is 1.02. The molecule has 0 aliphatic carbocycles. The molecule has 0 fully saturated rings. The maximum atomic E-state index is 11.4. The third-order valence-corrected chi connectivity index (χ3v) is 1.77. The number of hydrogen-bond acceptors (Lipinski definition) is 6. The first-order valence-electron chi connectivity index (χ1n) is 4.61. The van der Waals surface area contributed by atoms with Gasteiger partial charge in [-0.3, -0.25) is 15.0 Å². The van der Waals surface area contributed by atoms with Crippen LogP contribution in [0, 0.1) is 16.7 Å². The van der Waals surface area contributed by atoms with Crippen LogP contribution in [0.15, 0.2) is 0 Å². The zero-order valence-electron chi connectivity index (χ0n) is 9.00. The normalized spacial score (nSPS) is 9.75. The molecule has 0 heterocycles. The Balaban J connectivity index is 4.89. The van der Waals surface area contributed by atoms with Crippen molar-refractivity contribution in [2.75, 3.05) is 13.2 Å². The molecule has 0 amide bonds. The topological polar surface area (TPSA) is 100 Å². The Morgan fingerprint density at radius 1 is 1.12 bits per heavy atom. The molecule has 6 nitrogen and oxygen atoms in total. The van der Waals surface area contributed by atoms with Crippen molar-refractivity contribution in [3.63, 3.8) is 0 Å². The Bertz CT molecular complexity index is 299. The van der Waals surface area contributed by atoms with Crippen LogP contribution in [-0.2, 0) is 19.1 Å². The number of ether oxygens (including phenoxy) is 2. The minimum absolute atomic E-state index is 0.0671. The fourth-order valence-electron chi connectivity index (χ4n) is 0.910. The van der Waals surface area contributed by atoms with Gasteiger partial charge in [0.1, 0.15) is 5.17 Å². The van der Waals surface area contributed by atoms with Gasteiger partial charge in [0.25, 0.3) is 0 Å². The Hall–Kier alpha value is -1.43. The summed E-state index contributed by atoms with van der Waals surface area (Å²) in [6.45, 7) is 3.26. The van der Waals surface area contributed by atoms with Crippen LogP contribution in [0.3, 0.4) is 0 Å². The van der Waals surface area contributed by atoms with E-state index >= 15 is 0 Å². The minimum Gasteiger partial charge on any atom is -0.465 e. The molecule has 16 heavy (non-hydrogen) atoms. The molecular formula is C9H13ClN2O4. The summed E-state index contributed by atoms with van der Waals surface area (Å²) in [5, 5.41) is 13.7. The molecule has 0 rings (SSSR count). The summed E-state index contributed by atoms with van der Waals surface area (Å²) >= 11 is 5.25. The van der Waals surface area contributed by atoms with Crippen LogP contribution >= 0.6 is 11.6 Å². The lowest BCUT2D eigenvalue weighted by atomic mass is 10.0. The molecule has 0 aromatic rings. The second kappa shape index (κ2) is 6.95. The van der Waals surface area contributed by atoms with Crippen LogP contribution in [0.2, 0.25) is 0 Å². The van der Waals surface area contributed by atoms with Gasteiger partial charge >= 0.3 is 11.9 Å². The zero-order chi connectivity index (χ0) is 12.7. The summed E-state index contributed by atoms with van der Waals surface area (Å²) in [6.07, 6.45) is 0. The number of carbonyl (C=O) groups excluding carboxylic acids is 2. The van der Waals surface area contributed by atoms with E-state index in [1.54, 1.807) is 13.8 Å². The minimum atomic E-state index is -1.58. The van der Waals surface area contributed by atoms with E-state index in [0.29, 0.717) is 0 Å². The standard InChI is InChI=1S/C9H13ClN2O4/c1-3-15-8(13)5(6(11)7(10)12)9(14)16-4-2/h5,11-12H,3-4H2,1-2H3. The number of hydrogen-bond donors (Lipinski definition) is 2. The van der Waals surface area contributed by atoms with Crippen LogP contribution in [0.5, 0.6) is 0 Å². The maximum Gasteiger partial charge on any atom is 0.326 e. The van der Waals surface area contributed by atoms with Gasteiger partial charge in [-0.1, -0.05) is 11.6 Å². The van der Waals surface area contributed by atoms with Crippen LogP contribution in [0.4, 0.5) is 0 Å². The van der Waals surface area contributed by atoms with Gasteiger partial charge in [-0.2, -0.15) is 0 Å². The monoisotopic (exact) mass is 248 g/mol. The van der Waals surface area contributed by atoms with Gasteiger partial charge in [-0.25, -0.2) is 0 Å². The average molecular weight is 249 g/mol. The van der Waals surface area contributed by atoms with Crippen molar-refractivity contribution in [2.45, 2.75) is 13.8 Å². The van der Waals surface area contributed by atoms with Crippen molar-refractivity contribution in [1.29, 1.82) is 10.8 Å². The molecule has 0 bridgehead atoms. The first-order valence-corrected chi connectivity index (χ1v) is 4.99. The highest BCUT2D eigenvalue weighted by atomic mass is 35.5. The number of nitrogens with one attached hydrogen (secondary N) is 2. The summed E-state index contributed by atoms with van der Waals surface area (Å²) < 4.78 is 9.21. The molecule has 0 aromatic heterocycles. The third kappa shape index (κ3) is 3.98. The van der Waals surface area contributed by atoms with Crippen molar-refractivity contribution in [3.05, 3.63) is 0 Å². The van der Waals surface area contributed by atoms with Crippen LogP contribution in [0.1, 0.15) is 13.8 Å². The molecule has 0 aliphatic rings. The first-order chi connectivity index (χ1) is 7.45. The summed E-state index contributed by atoms with van der Waals surface area (Å²) in [4.78, 5) is 22.8. The second-order valence-corrected chi connectivity index (χ2v) is 3.04. The quantitative estimate of drug-likeness (QED) is 0.415. The number of halogens is 1. The molecule has 0 radical (unpaired) electrons. The lowest BCUT2D eigenvalue weighted by molar-refractivity contribution is -0.157. The van der Waals surface area contributed by atoms with Gasteiger partial charge in [0, 0.05) is 0 Å². The van der Waals surface area contributed by atoms with E-state index in [4.69, 9.17) is 22.4 Å². The Morgan fingerprint density at radius 3 is 1.75 bits per heavy atom. The Kier molecular flexibility index (Phi) is 6.32. The number of rotatable bonds is 6. The van der Waals surface area contributed by atoms with Gasteiger partial charge in [0.05, 0.1) is 18.9 Å². The largest absolute Gasteiger partial charge is 0.465 e. The van der Waals surface area contributed by atoms with Crippen LogP contribution in [-0.4, -0.2) is 36.0 Å². The van der Waals surface area contributed by atoms with E-state index in [9.17, 15) is 9.59 Å². The molecule has 0 saturated carbocycles. The molecule has 0 saturated heterocycles. The maximum absolute atomic E-state index is 11.4. The van der Waals surface area contributed by atoms with Gasteiger partial charge in [-0.05, 0) is 13.8 Å². The molecule has 0 aliphatic heterocycles. The SMILES string of the molecule is CCOC(=O)C(C(=N)C(=N)Cl)C(=O)OCC. The van der Waals surface area contributed by atoms with E-state index in [-0.39, 0.29) is 13.2 Å². The summed E-state index contributed by atoms with van der Waals surface area (Å²) in [7, 11) is 0. The summed E-state index contributed by atoms with van der Waals surface area (Å²) in [5.74, 6) is -3.45. The predicted molar refractivity (Wildman–Crippen MR) is 58.1 cm³/mol. The Morgan fingerprint density at radius 2 is 1.50 bits per heavy atom. The van der Waals surface area contributed by atoms with Crippen LogP contribution < -0.4 is 0 Å². The third-order valence-electron chi connectivity index (χ3n) is 1.57. The van der Waals surface area contributed by atoms with Gasteiger partial charge in [0.15, 0.2) is 5.92 Å². The lowest BCUT2D eigenvalue weighted by Gasteiger charge is -2.13. The smallest absolute Gasteiger partial charge is 0.326 e. The van der Waals surface area contributed by atoms with E-state index < -0.39 is 28.7 Å². The summed E-state index contributed by atoms with van der Waals surface area (Å²) in [6, 6.07) is 0. The average Bonchev–Trinajstić information content (AvgIpc) is 2.18. The first kappa shape index (κ1) is 14.6. The van der Waals surface area contributed by atoms with E-state index in [0.717, 1.165) is 0 Å². The molecule has 0 unspecified atom stereocenters. The lowest BCUT2D eigenvalue weighted by Crippen LogP contribution is -2.36. The summed E-state index contributed by atoms with van der Waals surface area (Å²) in [5.41, 5.74) is -0.626. The fraction of sp³-hybridized carbons (Fsp3) is 0.556. The predicted octanol–water partition coefficient (Wildman–Crippen LogP) is 0.965. The van der Waals surface area contributed by atoms with Gasteiger partial charge in [0.2, 0.25) is 0 Å². The van der Waals surface area contributed by atoms with Crippen molar-refractivity contribution in [1.82, 2.24) is 0 Å².